The molecular weight excluding hydrogens is 272 g/mol. The Morgan fingerprint density at radius 2 is 1.80 bits per heavy atom. The Labute approximate surface area is 124 Å². The number of carbonyl (C=O) groups is 1. The lowest BCUT2D eigenvalue weighted by molar-refractivity contribution is -0.682. The third kappa shape index (κ3) is 4.37. The molecule has 20 heavy (non-hydrogen) atoms. The minimum absolute atomic E-state index is 0.00277. The lowest BCUT2D eigenvalue weighted by Crippen LogP contribution is -2.86. The maximum absolute atomic E-state index is 11.8. The largest absolute Gasteiger partial charge is 0.333 e. The first-order valence-electron chi connectivity index (χ1n) is 6.59. The predicted molar refractivity (Wildman–Crippen MR) is 81.7 cm³/mol. The highest BCUT2D eigenvalue weighted by Gasteiger charge is 2.11. The normalized spacial score (nSPS) is 11.9. The number of nitrogens with one attached hydrogen (secondary N) is 1. The van der Waals surface area contributed by atoms with E-state index in [1.807, 2.05) is 59.9 Å². The summed E-state index contributed by atoms with van der Waals surface area (Å²) in [5.41, 5.74) is 1.98. The molecule has 0 radical (unpaired) electrons. The van der Waals surface area contributed by atoms with Gasteiger partial charge in [-0.05, 0) is 31.2 Å². The third-order valence-corrected chi connectivity index (χ3v) is 3.36. The van der Waals surface area contributed by atoms with Crippen molar-refractivity contribution in [1.82, 2.24) is 0 Å². The molecule has 0 aliphatic heterocycles. The first kappa shape index (κ1) is 14.6. The number of amides is 1. The SMILES string of the molecule is C[C@@H]([NH2+]CC(=O)Nc1ccccc1)c1ccc(Cl)cc1. The van der Waals surface area contributed by atoms with Gasteiger partial charge in [-0.15, -0.1) is 0 Å². The van der Waals surface area contributed by atoms with E-state index in [-0.39, 0.29) is 11.9 Å². The summed E-state index contributed by atoms with van der Waals surface area (Å²) in [4.78, 5) is 11.8. The van der Waals surface area contributed by atoms with Gasteiger partial charge in [-0.25, -0.2) is 0 Å². The zero-order valence-electron chi connectivity index (χ0n) is 11.3. The number of para-hydroxylation sites is 1. The molecule has 0 bridgehead atoms. The molecule has 0 heterocycles. The summed E-state index contributed by atoms with van der Waals surface area (Å²) in [6.07, 6.45) is 0. The van der Waals surface area contributed by atoms with E-state index in [2.05, 4.69) is 12.2 Å². The molecule has 3 nitrogen and oxygen atoms in total. The van der Waals surface area contributed by atoms with Crippen molar-refractivity contribution in [3.63, 3.8) is 0 Å². The zero-order valence-corrected chi connectivity index (χ0v) is 12.1. The summed E-state index contributed by atoms with van der Waals surface area (Å²) in [5, 5.41) is 5.59. The minimum atomic E-state index is -0.00277. The van der Waals surface area contributed by atoms with Crippen molar-refractivity contribution in [2.24, 2.45) is 0 Å². The Balaban J connectivity index is 1.82. The van der Waals surface area contributed by atoms with Crippen LogP contribution in [0.2, 0.25) is 5.02 Å². The summed E-state index contributed by atoms with van der Waals surface area (Å²) in [6, 6.07) is 17.4. The summed E-state index contributed by atoms with van der Waals surface area (Å²) >= 11 is 5.86. The molecule has 0 saturated heterocycles. The molecule has 104 valence electrons. The first-order chi connectivity index (χ1) is 9.65. The van der Waals surface area contributed by atoms with Gasteiger partial charge in [0.15, 0.2) is 6.54 Å². The highest BCUT2D eigenvalue weighted by atomic mass is 35.5. The Kier molecular flexibility index (Phi) is 5.16. The molecule has 0 aliphatic carbocycles. The van der Waals surface area contributed by atoms with Gasteiger partial charge in [0.2, 0.25) is 0 Å². The fraction of sp³-hybridized carbons (Fsp3) is 0.188. The van der Waals surface area contributed by atoms with Crippen LogP contribution in [0.15, 0.2) is 54.6 Å². The molecule has 4 heteroatoms. The van der Waals surface area contributed by atoms with Crippen LogP contribution in [0, 0.1) is 0 Å². The van der Waals surface area contributed by atoms with Crippen molar-refractivity contribution in [2.45, 2.75) is 13.0 Å². The van der Waals surface area contributed by atoms with Crippen molar-refractivity contribution in [3.05, 3.63) is 65.2 Å². The number of hydrogen-bond acceptors (Lipinski definition) is 1. The molecule has 0 saturated carbocycles. The number of quaternary nitrogens is 1. The second-order valence-electron chi connectivity index (χ2n) is 4.69. The molecule has 0 spiro atoms. The molecule has 0 fully saturated rings. The average Bonchev–Trinajstić information content (AvgIpc) is 2.46. The highest BCUT2D eigenvalue weighted by molar-refractivity contribution is 6.30. The Morgan fingerprint density at radius 1 is 1.15 bits per heavy atom. The second-order valence-corrected chi connectivity index (χ2v) is 5.13. The second kappa shape index (κ2) is 7.08. The lowest BCUT2D eigenvalue weighted by atomic mass is 10.1. The number of rotatable bonds is 5. The van der Waals surface area contributed by atoms with Crippen LogP contribution < -0.4 is 10.6 Å². The molecule has 0 aliphatic rings. The maximum atomic E-state index is 11.8. The van der Waals surface area contributed by atoms with Gasteiger partial charge >= 0.3 is 0 Å². The van der Waals surface area contributed by atoms with E-state index in [1.54, 1.807) is 0 Å². The molecule has 2 aromatic rings. The Bertz CT molecular complexity index is 554. The topological polar surface area (TPSA) is 45.7 Å². The monoisotopic (exact) mass is 289 g/mol. The van der Waals surface area contributed by atoms with Crippen LogP contribution in [-0.2, 0) is 4.79 Å². The van der Waals surface area contributed by atoms with Crippen LogP contribution in [0.5, 0.6) is 0 Å². The highest BCUT2D eigenvalue weighted by Crippen LogP contribution is 2.13. The van der Waals surface area contributed by atoms with Crippen LogP contribution in [-0.4, -0.2) is 12.5 Å². The molecule has 3 N–H and O–H groups in total. The summed E-state index contributed by atoms with van der Waals surface area (Å²) < 4.78 is 0. The van der Waals surface area contributed by atoms with Crippen LogP contribution in [0.3, 0.4) is 0 Å². The number of anilines is 1. The number of benzene rings is 2. The van der Waals surface area contributed by atoms with Gasteiger partial charge in [-0.3, -0.25) is 4.79 Å². The van der Waals surface area contributed by atoms with E-state index in [4.69, 9.17) is 11.6 Å². The quantitative estimate of drug-likeness (QED) is 0.873. The molecule has 1 amide bonds. The minimum Gasteiger partial charge on any atom is -0.333 e. The van der Waals surface area contributed by atoms with Gasteiger partial charge < -0.3 is 10.6 Å². The lowest BCUT2D eigenvalue weighted by Gasteiger charge is -2.11. The molecule has 1 atom stereocenters. The van der Waals surface area contributed by atoms with Gasteiger partial charge in [0.1, 0.15) is 6.04 Å². The zero-order chi connectivity index (χ0) is 14.4. The molecular formula is C16H18ClN2O+. The fourth-order valence-electron chi connectivity index (χ4n) is 1.92. The Morgan fingerprint density at radius 3 is 2.45 bits per heavy atom. The van der Waals surface area contributed by atoms with Crippen LogP contribution in [0.1, 0.15) is 18.5 Å². The van der Waals surface area contributed by atoms with E-state index in [0.29, 0.717) is 6.54 Å². The third-order valence-electron chi connectivity index (χ3n) is 3.11. The van der Waals surface area contributed by atoms with Crippen molar-refractivity contribution in [2.75, 3.05) is 11.9 Å². The molecule has 2 aromatic carbocycles. The van der Waals surface area contributed by atoms with Crippen LogP contribution in [0.25, 0.3) is 0 Å². The number of halogens is 1. The Hall–Kier alpha value is -1.84. The van der Waals surface area contributed by atoms with E-state index >= 15 is 0 Å². The molecule has 2 rings (SSSR count). The van der Waals surface area contributed by atoms with Crippen molar-refractivity contribution >= 4 is 23.2 Å². The smallest absolute Gasteiger partial charge is 0.279 e. The van der Waals surface area contributed by atoms with E-state index in [0.717, 1.165) is 16.3 Å². The molecule has 0 unspecified atom stereocenters. The van der Waals surface area contributed by atoms with E-state index in [1.165, 1.54) is 0 Å². The predicted octanol–water partition coefficient (Wildman–Crippen LogP) is 2.60. The van der Waals surface area contributed by atoms with Gasteiger partial charge in [0.25, 0.3) is 5.91 Å². The van der Waals surface area contributed by atoms with Crippen molar-refractivity contribution in [1.29, 1.82) is 0 Å². The maximum Gasteiger partial charge on any atom is 0.279 e. The van der Waals surface area contributed by atoms with E-state index < -0.39 is 0 Å². The van der Waals surface area contributed by atoms with E-state index in [9.17, 15) is 4.79 Å². The van der Waals surface area contributed by atoms with Crippen LogP contribution in [0.4, 0.5) is 5.69 Å². The number of carbonyl (C=O) groups excluding carboxylic acids is 1. The standard InChI is InChI=1S/C16H17ClN2O/c1-12(13-7-9-14(17)10-8-13)18-11-16(20)19-15-5-3-2-4-6-15/h2-10,12,18H,11H2,1H3,(H,19,20)/p+1/t12-/m1/s1. The number of nitrogens with two attached hydrogens (primary N) is 1. The average molecular weight is 290 g/mol. The van der Waals surface area contributed by atoms with Gasteiger partial charge in [-0.2, -0.15) is 0 Å². The van der Waals surface area contributed by atoms with Gasteiger partial charge in [0.05, 0.1) is 0 Å². The van der Waals surface area contributed by atoms with Crippen molar-refractivity contribution in [3.8, 4) is 0 Å². The first-order valence-corrected chi connectivity index (χ1v) is 6.96. The fourth-order valence-corrected chi connectivity index (χ4v) is 2.05. The molecule has 0 aromatic heterocycles. The van der Waals surface area contributed by atoms with Gasteiger partial charge in [0, 0.05) is 16.3 Å². The summed E-state index contributed by atoms with van der Waals surface area (Å²) in [6.45, 7) is 2.46. The van der Waals surface area contributed by atoms with Crippen LogP contribution >= 0.6 is 11.6 Å². The number of hydrogen-bond donors (Lipinski definition) is 2. The summed E-state index contributed by atoms with van der Waals surface area (Å²) in [5.74, 6) is -0.00277. The van der Waals surface area contributed by atoms with Gasteiger partial charge in [-0.1, -0.05) is 41.9 Å². The van der Waals surface area contributed by atoms with Crippen molar-refractivity contribution < 1.29 is 10.1 Å². The summed E-state index contributed by atoms with van der Waals surface area (Å²) in [7, 11) is 0.